The third kappa shape index (κ3) is 3.31. The van der Waals surface area contributed by atoms with Crippen molar-refractivity contribution >= 4 is 22.6 Å². The highest BCUT2D eigenvalue weighted by Gasteiger charge is 2.35. The molecule has 2 aliphatic rings. The fourth-order valence-electron chi connectivity index (χ4n) is 4.03. The molecule has 2 amide bonds. The highest BCUT2D eigenvalue weighted by atomic mass is 16.5. The minimum Gasteiger partial charge on any atom is -0.374 e. The molecule has 2 aromatic carbocycles. The zero-order valence-corrected chi connectivity index (χ0v) is 15.1. The van der Waals surface area contributed by atoms with Gasteiger partial charge in [0.1, 0.15) is 0 Å². The monoisotopic (exact) mass is 352 g/mol. The molecular weight excluding hydrogens is 328 g/mol. The van der Waals surface area contributed by atoms with Gasteiger partial charge in [0, 0.05) is 44.6 Å². The van der Waals surface area contributed by atoms with Crippen molar-refractivity contribution in [2.24, 2.45) is 5.92 Å². The Labute approximate surface area is 153 Å². The van der Waals surface area contributed by atoms with Gasteiger partial charge in [0.05, 0.1) is 12.7 Å². The average molecular weight is 352 g/mol. The van der Waals surface area contributed by atoms with Gasteiger partial charge in [0.25, 0.3) is 5.91 Å². The van der Waals surface area contributed by atoms with Gasteiger partial charge < -0.3 is 14.5 Å². The first kappa shape index (κ1) is 17.0. The van der Waals surface area contributed by atoms with Gasteiger partial charge in [-0.05, 0) is 29.3 Å². The van der Waals surface area contributed by atoms with Crippen molar-refractivity contribution in [3.63, 3.8) is 0 Å². The van der Waals surface area contributed by atoms with Gasteiger partial charge in [0.2, 0.25) is 5.91 Å². The molecule has 0 radical (unpaired) electrons. The van der Waals surface area contributed by atoms with Gasteiger partial charge in [0.15, 0.2) is 0 Å². The van der Waals surface area contributed by atoms with Gasteiger partial charge in [-0.2, -0.15) is 0 Å². The van der Waals surface area contributed by atoms with Crippen LogP contribution >= 0.6 is 0 Å². The fourth-order valence-corrected chi connectivity index (χ4v) is 4.03. The van der Waals surface area contributed by atoms with E-state index in [0.29, 0.717) is 32.2 Å². The van der Waals surface area contributed by atoms with E-state index in [0.717, 1.165) is 29.3 Å². The van der Waals surface area contributed by atoms with E-state index < -0.39 is 0 Å². The zero-order chi connectivity index (χ0) is 18.1. The van der Waals surface area contributed by atoms with Crippen LogP contribution in [-0.4, -0.2) is 60.5 Å². The SMILES string of the molecule is CC(=O)N1CCO[C@@H]2CN(C(=O)c3ccc4ccccc4c3)CC[C@@H]2C1. The summed E-state index contributed by atoms with van der Waals surface area (Å²) in [6, 6.07) is 13.9. The smallest absolute Gasteiger partial charge is 0.253 e. The molecule has 0 saturated carbocycles. The normalized spacial score (nSPS) is 23.4. The van der Waals surface area contributed by atoms with E-state index in [1.54, 1.807) is 6.92 Å². The molecule has 0 spiro atoms. The minimum absolute atomic E-state index is 0.0116. The largest absolute Gasteiger partial charge is 0.374 e. The predicted molar refractivity (Wildman–Crippen MR) is 100.0 cm³/mol. The number of amides is 2. The third-order valence-electron chi connectivity index (χ3n) is 5.57. The molecule has 0 N–H and O–H groups in total. The van der Waals surface area contributed by atoms with Crippen LogP contribution in [0, 0.1) is 5.92 Å². The van der Waals surface area contributed by atoms with Crippen LogP contribution in [0.4, 0.5) is 0 Å². The van der Waals surface area contributed by atoms with E-state index in [1.807, 2.05) is 46.2 Å². The number of hydrogen-bond acceptors (Lipinski definition) is 3. The maximum absolute atomic E-state index is 13.0. The van der Waals surface area contributed by atoms with Crippen molar-refractivity contribution in [2.75, 3.05) is 32.8 Å². The number of nitrogens with zero attached hydrogens (tertiary/aromatic N) is 2. The Balaban J connectivity index is 1.49. The van der Waals surface area contributed by atoms with Gasteiger partial charge >= 0.3 is 0 Å². The van der Waals surface area contributed by atoms with Gasteiger partial charge in [-0.15, -0.1) is 0 Å². The van der Waals surface area contributed by atoms with Crippen LogP contribution in [0.1, 0.15) is 23.7 Å². The summed E-state index contributed by atoms with van der Waals surface area (Å²) in [7, 11) is 0. The van der Waals surface area contributed by atoms with E-state index in [-0.39, 0.29) is 17.9 Å². The Hall–Kier alpha value is -2.40. The van der Waals surface area contributed by atoms with Crippen LogP contribution in [0.3, 0.4) is 0 Å². The first-order valence-corrected chi connectivity index (χ1v) is 9.27. The summed E-state index contributed by atoms with van der Waals surface area (Å²) >= 11 is 0. The number of piperidine rings is 1. The first-order chi connectivity index (χ1) is 12.6. The van der Waals surface area contributed by atoms with Crippen LogP contribution in [0.5, 0.6) is 0 Å². The Morgan fingerprint density at radius 1 is 1.00 bits per heavy atom. The molecule has 2 aliphatic heterocycles. The maximum Gasteiger partial charge on any atom is 0.253 e. The molecule has 2 saturated heterocycles. The topological polar surface area (TPSA) is 49.9 Å². The summed E-state index contributed by atoms with van der Waals surface area (Å²) in [6.07, 6.45) is 0.880. The summed E-state index contributed by atoms with van der Waals surface area (Å²) in [6.45, 7) is 4.83. The molecule has 4 rings (SSSR count). The second kappa shape index (κ2) is 7.08. The molecule has 26 heavy (non-hydrogen) atoms. The van der Waals surface area contributed by atoms with Crippen LogP contribution in [0.2, 0.25) is 0 Å². The molecule has 0 unspecified atom stereocenters. The Morgan fingerprint density at radius 2 is 1.81 bits per heavy atom. The van der Waals surface area contributed by atoms with Crippen LogP contribution in [0.25, 0.3) is 10.8 Å². The molecule has 136 valence electrons. The van der Waals surface area contributed by atoms with Gasteiger partial charge in [-0.1, -0.05) is 30.3 Å². The van der Waals surface area contributed by atoms with E-state index >= 15 is 0 Å². The number of carbonyl (C=O) groups is 2. The quantitative estimate of drug-likeness (QED) is 0.793. The van der Waals surface area contributed by atoms with E-state index in [4.69, 9.17) is 4.74 Å². The lowest BCUT2D eigenvalue weighted by atomic mass is 9.92. The Bertz CT molecular complexity index is 835. The lowest BCUT2D eigenvalue weighted by Gasteiger charge is -2.38. The molecule has 5 heteroatoms. The third-order valence-corrected chi connectivity index (χ3v) is 5.57. The van der Waals surface area contributed by atoms with Crippen LogP contribution in [-0.2, 0) is 9.53 Å². The Morgan fingerprint density at radius 3 is 2.62 bits per heavy atom. The number of fused-ring (bicyclic) bond motifs is 2. The van der Waals surface area contributed by atoms with Crippen molar-refractivity contribution in [1.29, 1.82) is 0 Å². The molecule has 0 aliphatic carbocycles. The lowest BCUT2D eigenvalue weighted by Crippen LogP contribution is -2.49. The molecule has 5 nitrogen and oxygen atoms in total. The molecule has 2 fully saturated rings. The molecule has 2 aromatic rings. The van der Waals surface area contributed by atoms with Crippen LogP contribution in [0.15, 0.2) is 42.5 Å². The van der Waals surface area contributed by atoms with Gasteiger partial charge in [-0.25, -0.2) is 0 Å². The number of benzene rings is 2. The second-order valence-corrected chi connectivity index (χ2v) is 7.24. The van der Waals surface area contributed by atoms with Crippen molar-refractivity contribution < 1.29 is 14.3 Å². The molecule has 0 bridgehead atoms. The fraction of sp³-hybridized carbons (Fsp3) is 0.429. The van der Waals surface area contributed by atoms with E-state index in [1.165, 1.54) is 0 Å². The summed E-state index contributed by atoms with van der Waals surface area (Å²) in [5.74, 6) is 0.469. The molecule has 0 aromatic heterocycles. The van der Waals surface area contributed by atoms with Crippen molar-refractivity contribution in [1.82, 2.24) is 9.80 Å². The number of ether oxygens (including phenoxy) is 1. The van der Waals surface area contributed by atoms with Crippen LogP contribution < -0.4 is 0 Å². The van der Waals surface area contributed by atoms with E-state index in [2.05, 4.69) is 6.07 Å². The highest BCUT2D eigenvalue weighted by Crippen LogP contribution is 2.26. The first-order valence-electron chi connectivity index (χ1n) is 9.27. The van der Waals surface area contributed by atoms with Crippen molar-refractivity contribution in [2.45, 2.75) is 19.4 Å². The standard InChI is InChI=1S/C21H24N2O3/c1-15(24)22-10-11-26-20-14-23(9-8-19(20)13-22)21(25)18-7-6-16-4-2-3-5-17(16)12-18/h2-7,12,19-20H,8-11,13-14H2,1H3/t19-,20-/m1/s1. The molecular formula is C21H24N2O3. The van der Waals surface area contributed by atoms with Crippen molar-refractivity contribution in [3.05, 3.63) is 48.0 Å². The predicted octanol–water partition coefficient (Wildman–Crippen LogP) is 2.55. The number of likely N-dealkylation sites (tertiary alicyclic amines) is 1. The number of rotatable bonds is 1. The molecule has 2 heterocycles. The summed E-state index contributed by atoms with van der Waals surface area (Å²) in [4.78, 5) is 28.4. The lowest BCUT2D eigenvalue weighted by molar-refractivity contribution is -0.129. The van der Waals surface area contributed by atoms with Gasteiger partial charge in [-0.3, -0.25) is 9.59 Å². The Kier molecular flexibility index (Phi) is 4.64. The summed E-state index contributed by atoms with van der Waals surface area (Å²) < 4.78 is 5.99. The maximum atomic E-state index is 13.0. The number of hydrogen-bond donors (Lipinski definition) is 0. The average Bonchev–Trinajstić information content (AvgIpc) is 2.89. The minimum atomic E-state index is 0.0116. The van der Waals surface area contributed by atoms with E-state index in [9.17, 15) is 9.59 Å². The highest BCUT2D eigenvalue weighted by molar-refractivity contribution is 5.98. The summed E-state index contributed by atoms with van der Waals surface area (Å²) in [5.41, 5.74) is 0.723. The second-order valence-electron chi connectivity index (χ2n) is 7.24. The zero-order valence-electron chi connectivity index (χ0n) is 15.1. The van der Waals surface area contributed by atoms with Crippen molar-refractivity contribution in [3.8, 4) is 0 Å². The number of carbonyl (C=O) groups excluding carboxylic acids is 2. The summed E-state index contributed by atoms with van der Waals surface area (Å²) in [5, 5.41) is 2.22. The molecule has 2 atom stereocenters.